The zero-order chi connectivity index (χ0) is 30.2. The average molecular weight is 588 g/mol. The Kier molecular flexibility index (Phi) is 8.51. The number of halogens is 1. The summed E-state index contributed by atoms with van der Waals surface area (Å²) in [5.74, 6) is -3.17. The molecule has 0 bridgehead atoms. The fraction of sp³-hybridized carbons (Fsp3) is 0.621. The van der Waals surface area contributed by atoms with Crippen LogP contribution in [0.25, 0.3) is 0 Å². The van der Waals surface area contributed by atoms with Gasteiger partial charge in [-0.2, -0.15) is 0 Å². The van der Waals surface area contributed by atoms with E-state index in [9.17, 15) is 24.0 Å². The minimum atomic E-state index is -1.10. The number of benzene rings is 1. The minimum Gasteiger partial charge on any atom is -0.444 e. The Balaban J connectivity index is 1.15. The van der Waals surface area contributed by atoms with Gasteiger partial charge in [0.2, 0.25) is 11.8 Å². The second-order valence-electron chi connectivity index (χ2n) is 12.1. The highest BCUT2D eigenvalue weighted by Gasteiger charge is 2.45. The molecule has 5 amide bonds. The van der Waals surface area contributed by atoms with E-state index in [1.54, 1.807) is 4.90 Å². The second-order valence-corrected chi connectivity index (χ2v) is 12.1. The van der Waals surface area contributed by atoms with Gasteiger partial charge in [-0.25, -0.2) is 9.18 Å². The Hall–Kier alpha value is -3.58. The predicted molar refractivity (Wildman–Crippen MR) is 148 cm³/mol. The third kappa shape index (κ3) is 6.26. The molecule has 2 unspecified atom stereocenters. The van der Waals surface area contributed by atoms with Crippen molar-refractivity contribution < 1.29 is 37.8 Å². The number of carbonyl (C=O) groups excluding carboxylic acids is 5. The monoisotopic (exact) mass is 587 g/mol. The lowest BCUT2D eigenvalue weighted by Crippen LogP contribution is -2.54. The van der Waals surface area contributed by atoms with E-state index in [1.165, 1.54) is 6.07 Å². The number of likely N-dealkylation sites (tertiary alicyclic amines) is 1. The van der Waals surface area contributed by atoms with Gasteiger partial charge in [-0.3, -0.25) is 39.2 Å². The maximum absolute atomic E-state index is 15.2. The van der Waals surface area contributed by atoms with Gasteiger partial charge in [0.05, 0.1) is 23.4 Å². The first-order chi connectivity index (χ1) is 19.9. The average Bonchev–Trinajstić information content (AvgIpc) is 3.16. The molecule has 1 N–H and O–H groups in total. The summed E-state index contributed by atoms with van der Waals surface area (Å²) in [6, 6.07) is 1.36. The summed E-state index contributed by atoms with van der Waals surface area (Å²) in [4.78, 5) is 69.1. The van der Waals surface area contributed by atoms with Crippen LogP contribution >= 0.6 is 0 Å². The molecule has 4 heterocycles. The lowest BCUT2D eigenvalue weighted by atomic mass is 10.0. The summed E-state index contributed by atoms with van der Waals surface area (Å²) in [6.45, 7) is 9.47. The Labute approximate surface area is 244 Å². The van der Waals surface area contributed by atoms with Crippen LogP contribution in [0.3, 0.4) is 0 Å². The molecule has 2 atom stereocenters. The highest BCUT2D eigenvalue weighted by atomic mass is 19.1. The highest BCUT2D eigenvalue weighted by molar-refractivity contribution is 6.23. The van der Waals surface area contributed by atoms with Gasteiger partial charge in [0.15, 0.2) is 0 Å². The van der Waals surface area contributed by atoms with E-state index in [0.717, 1.165) is 30.2 Å². The van der Waals surface area contributed by atoms with Crippen molar-refractivity contribution in [2.45, 2.75) is 70.7 Å². The van der Waals surface area contributed by atoms with Gasteiger partial charge in [0.1, 0.15) is 23.7 Å². The first kappa shape index (κ1) is 29.9. The summed E-state index contributed by atoms with van der Waals surface area (Å²) in [6.07, 6.45) is 2.02. The molecule has 3 fully saturated rings. The summed E-state index contributed by atoms with van der Waals surface area (Å²) in [5.41, 5.74) is -0.373. The van der Waals surface area contributed by atoms with Crippen molar-refractivity contribution in [1.82, 2.24) is 20.0 Å². The normalized spacial score (nSPS) is 23.8. The van der Waals surface area contributed by atoms with E-state index in [-0.39, 0.29) is 42.0 Å². The zero-order valence-electron chi connectivity index (χ0n) is 24.3. The van der Waals surface area contributed by atoms with Crippen LogP contribution in [0.4, 0.5) is 14.9 Å². The lowest BCUT2D eigenvalue weighted by molar-refractivity contribution is -0.136. The SMILES string of the molecule is CC(C)(C)OC(=O)N1CCCCC1OCCN1CCN(c2cc3c(cc2F)C(=O)N(C2CCC(=O)NC2=O)C3=O)CC1. The first-order valence-corrected chi connectivity index (χ1v) is 14.6. The fourth-order valence-electron chi connectivity index (χ4n) is 5.86. The van der Waals surface area contributed by atoms with Crippen LogP contribution in [0.5, 0.6) is 0 Å². The van der Waals surface area contributed by atoms with Gasteiger partial charge in [-0.15, -0.1) is 0 Å². The maximum atomic E-state index is 15.2. The number of nitrogens with zero attached hydrogens (tertiary/aromatic N) is 4. The number of hydrogen-bond donors (Lipinski definition) is 1. The third-order valence-electron chi connectivity index (χ3n) is 8.01. The molecule has 0 aliphatic carbocycles. The summed E-state index contributed by atoms with van der Waals surface area (Å²) < 4.78 is 26.9. The number of carbonyl (C=O) groups is 5. The molecule has 0 radical (unpaired) electrons. The molecule has 1 aromatic rings. The predicted octanol–water partition coefficient (Wildman–Crippen LogP) is 2.11. The van der Waals surface area contributed by atoms with E-state index in [0.29, 0.717) is 45.9 Å². The van der Waals surface area contributed by atoms with Crippen molar-refractivity contribution in [3.8, 4) is 0 Å². The molecular weight excluding hydrogens is 549 g/mol. The van der Waals surface area contributed by atoms with Crippen molar-refractivity contribution >= 4 is 35.4 Å². The molecule has 0 spiro atoms. The number of ether oxygens (including phenoxy) is 2. The first-order valence-electron chi connectivity index (χ1n) is 14.6. The van der Waals surface area contributed by atoms with Crippen LogP contribution in [0, 0.1) is 5.82 Å². The van der Waals surface area contributed by atoms with Crippen LogP contribution in [0.2, 0.25) is 0 Å². The number of nitrogens with one attached hydrogen (secondary N) is 1. The number of anilines is 1. The van der Waals surface area contributed by atoms with Gasteiger partial charge in [-0.05, 0) is 58.6 Å². The minimum absolute atomic E-state index is 0.0153. The van der Waals surface area contributed by atoms with Crippen LogP contribution in [0.1, 0.15) is 73.6 Å². The van der Waals surface area contributed by atoms with Gasteiger partial charge in [0, 0.05) is 45.7 Å². The largest absolute Gasteiger partial charge is 0.444 e. The molecular formula is C29H38FN5O7. The standard InChI is InChI=1S/C29H38FN5O7/c1-29(2,3)42-28(40)34-9-5-4-6-24(34)41-15-14-32-10-12-33(13-11-32)22-17-19-18(16-20(22)30)26(38)35(27(19)39)21-7-8-23(36)31-25(21)37/h16-17,21,24H,4-15H2,1-3H3,(H,31,36,37). The molecule has 0 saturated carbocycles. The number of rotatable bonds is 6. The molecule has 42 heavy (non-hydrogen) atoms. The van der Waals surface area contributed by atoms with Crippen LogP contribution in [-0.2, 0) is 19.1 Å². The van der Waals surface area contributed by atoms with Crippen molar-refractivity contribution in [2.75, 3.05) is 50.8 Å². The van der Waals surface area contributed by atoms with Crippen molar-refractivity contribution in [3.05, 3.63) is 29.1 Å². The molecule has 13 heteroatoms. The molecule has 228 valence electrons. The van der Waals surface area contributed by atoms with E-state index in [2.05, 4.69) is 10.2 Å². The Morgan fingerprint density at radius 1 is 0.976 bits per heavy atom. The Morgan fingerprint density at radius 2 is 1.67 bits per heavy atom. The van der Waals surface area contributed by atoms with Gasteiger partial charge in [0.25, 0.3) is 11.8 Å². The number of amides is 5. The van der Waals surface area contributed by atoms with E-state index < -0.39 is 41.1 Å². The number of fused-ring (bicyclic) bond motifs is 1. The van der Waals surface area contributed by atoms with Crippen LogP contribution in [0.15, 0.2) is 12.1 Å². The summed E-state index contributed by atoms with van der Waals surface area (Å²) in [7, 11) is 0. The van der Waals surface area contributed by atoms with E-state index in [1.807, 2.05) is 25.7 Å². The number of imide groups is 2. The number of piperazine rings is 1. The second kappa shape index (κ2) is 12.0. The third-order valence-corrected chi connectivity index (χ3v) is 8.01. The quantitative estimate of drug-likeness (QED) is 0.498. The maximum Gasteiger partial charge on any atom is 0.412 e. The Bertz CT molecular complexity index is 1270. The van der Waals surface area contributed by atoms with Gasteiger partial charge < -0.3 is 14.4 Å². The van der Waals surface area contributed by atoms with Gasteiger partial charge in [-0.1, -0.05) is 0 Å². The molecule has 1 aromatic carbocycles. The lowest BCUT2D eigenvalue weighted by Gasteiger charge is -2.38. The number of piperidine rings is 2. The molecule has 3 saturated heterocycles. The smallest absolute Gasteiger partial charge is 0.412 e. The van der Waals surface area contributed by atoms with E-state index in [4.69, 9.17) is 9.47 Å². The van der Waals surface area contributed by atoms with Crippen molar-refractivity contribution in [3.63, 3.8) is 0 Å². The molecule has 4 aliphatic rings. The van der Waals surface area contributed by atoms with E-state index >= 15 is 4.39 Å². The molecule has 0 aromatic heterocycles. The molecule has 12 nitrogen and oxygen atoms in total. The highest BCUT2D eigenvalue weighted by Crippen LogP contribution is 2.33. The molecule has 5 rings (SSSR count). The van der Waals surface area contributed by atoms with Crippen molar-refractivity contribution in [2.24, 2.45) is 0 Å². The van der Waals surface area contributed by atoms with Crippen molar-refractivity contribution in [1.29, 1.82) is 0 Å². The van der Waals surface area contributed by atoms with Gasteiger partial charge >= 0.3 is 6.09 Å². The van der Waals surface area contributed by atoms with Crippen LogP contribution in [-0.4, -0.2) is 108 Å². The molecule has 4 aliphatic heterocycles. The summed E-state index contributed by atoms with van der Waals surface area (Å²) in [5, 5.41) is 2.16. The number of hydrogen-bond acceptors (Lipinski definition) is 9. The fourth-order valence-corrected chi connectivity index (χ4v) is 5.86. The topological polar surface area (TPSA) is 129 Å². The van der Waals surface area contributed by atoms with Crippen LogP contribution < -0.4 is 10.2 Å². The zero-order valence-corrected chi connectivity index (χ0v) is 24.3. The summed E-state index contributed by atoms with van der Waals surface area (Å²) >= 11 is 0. The Morgan fingerprint density at radius 3 is 2.33 bits per heavy atom.